The minimum atomic E-state index is -0.397. The van der Waals surface area contributed by atoms with E-state index < -0.39 is 6.03 Å². The predicted octanol–water partition coefficient (Wildman–Crippen LogP) is 2.01. The number of aromatic nitrogens is 2. The zero-order valence-corrected chi connectivity index (χ0v) is 13.8. The average Bonchev–Trinajstić information content (AvgIpc) is 2.92. The van der Waals surface area contributed by atoms with Crippen LogP contribution in [0.3, 0.4) is 0 Å². The van der Waals surface area contributed by atoms with E-state index >= 15 is 0 Å². The molecule has 0 atom stereocenters. The number of rotatable bonds is 2. The zero-order valence-electron chi connectivity index (χ0n) is 13.8. The van der Waals surface area contributed by atoms with Gasteiger partial charge in [0.1, 0.15) is 0 Å². The van der Waals surface area contributed by atoms with Crippen LogP contribution in [0.2, 0.25) is 0 Å². The van der Waals surface area contributed by atoms with Gasteiger partial charge in [-0.3, -0.25) is 19.7 Å². The highest BCUT2D eigenvalue weighted by molar-refractivity contribution is 6.09. The topological polar surface area (TPSA) is 70.5 Å². The van der Waals surface area contributed by atoms with Gasteiger partial charge in [0.05, 0.1) is 5.52 Å². The third-order valence-electron chi connectivity index (χ3n) is 4.85. The summed E-state index contributed by atoms with van der Waals surface area (Å²) in [4.78, 5) is 27.4. The molecule has 2 saturated heterocycles. The van der Waals surface area contributed by atoms with E-state index in [0.29, 0.717) is 18.8 Å². The maximum absolute atomic E-state index is 12.1. The highest BCUT2D eigenvalue weighted by Gasteiger charge is 2.28. The van der Waals surface area contributed by atoms with E-state index in [2.05, 4.69) is 27.4 Å². The first-order valence-corrected chi connectivity index (χ1v) is 8.46. The van der Waals surface area contributed by atoms with Crippen LogP contribution in [-0.4, -0.2) is 41.4 Å². The van der Waals surface area contributed by atoms with Crippen LogP contribution < -0.4 is 15.1 Å². The van der Waals surface area contributed by atoms with Gasteiger partial charge >= 0.3 is 6.03 Å². The first kappa shape index (κ1) is 15.0. The first-order chi connectivity index (χ1) is 11.6. The van der Waals surface area contributed by atoms with Crippen LogP contribution in [0.4, 0.5) is 16.3 Å². The molecule has 0 aliphatic carbocycles. The average molecular weight is 327 g/mol. The van der Waals surface area contributed by atoms with Crippen molar-refractivity contribution in [3.63, 3.8) is 0 Å². The van der Waals surface area contributed by atoms with Crippen molar-refractivity contribution in [2.45, 2.75) is 25.7 Å². The standard InChI is InChI=1S/C17H21N5O2/c1-20-14-11-12(21-8-3-2-4-9-21)5-6-13(14)16(19-20)22-10-7-15(23)18-17(22)24/h5-6,11H,2-4,7-10H2,1H3,(H,18,23,24). The smallest absolute Gasteiger partial charge is 0.329 e. The lowest BCUT2D eigenvalue weighted by molar-refractivity contribution is -0.120. The summed E-state index contributed by atoms with van der Waals surface area (Å²) in [6.07, 6.45) is 4.07. The van der Waals surface area contributed by atoms with Gasteiger partial charge in [-0.15, -0.1) is 0 Å². The van der Waals surface area contributed by atoms with Crippen LogP contribution in [-0.2, 0) is 11.8 Å². The van der Waals surface area contributed by atoms with Gasteiger partial charge in [0.15, 0.2) is 5.82 Å². The van der Waals surface area contributed by atoms with E-state index in [0.717, 1.165) is 24.0 Å². The van der Waals surface area contributed by atoms with Crippen LogP contribution in [0, 0.1) is 0 Å². The van der Waals surface area contributed by atoms with Crippen molar-refractivity contribution in [1.29, 1.82) is 0 Å². The number of amides is 3. The Balaban J connectivity index is 1.71. The van der Waals surface area contributed by atoms with E-state index in [1.165, 1.54) is 24.9 Å². The van der Waals surface area contributed by atoms with Crippen LogP contribution in [0.15, 0.2) is 18.2 Å². The fourth-order valence-corrected chi connectivity index (χ4v) is 3.54. The minimum absolute atomic E-state index is 0.233. The summed E-state index contributed by atoms with van der Waals surface area (Å²) in [6, 6.07) is 5.88. The Morgan fingerprint density at radius 3 is 2.62 bits per heavy atom. The third-order valence-corrected chi connectivity index (χ3v) is 4.85. The highest BCUT2D eigenvalue weighted by atomic mass is 16.2. The van der Waals surface area contributed by atoms with Gasteiger partial charge in [-0.05, 0) is 37.5 Å². The molecule has 0 unspecified atom stereocenters. The Morgan fingerprint density at radius 1 is 1.08 bits per heavy atom. The summed E-state index contributed by atoms with van der Waals surface area (Å²) >= 11 is 0. The van der Waals surface area contributed by atoms with Crippen molar-refractivity contribution in [3.05, 3.63) is 18.2 Å². The van der Waals surface area contributed by atoms with E-state index in [-0.39, 0.29) is 5.91 Å². The van der Waals surface area contributed by atoms with Gasteiger partial charge in [0.25, 0.3) is 0 Å². The van der Waals surface area contributed by atoms with E-state index in [9.17, 15) is 9.59 Å². The Kier molecular flexibility index (Phi) is 3.63. The molecule has 7 nitrogen and oxygen atoms in total. The molecule has 0 radical (unpaired) electrons. The van der Waals surface area contributed by atoms with Crippen molar-refractivity contribution in [2.75, 3.05) is 29.4 Å². The summed E-state index contributed by atoms with van der Waals surface area (Å²) in [5, 5.41) is 7.82. The zero-order chi connectivity index (χ0) is 16.7. The molecule has 2 fully saturated rings. The van der Waals surface area contributed by atoms with Gasteiger partial charge < -0.3 is 4.90 Å². The Bertz CT molecular complexity index is 807. The molecule has 1 N–H and O–H groups in total. The van der Waals surface area contributed by atoms with Crippen LogP contribution in [0.5, 0.6) is 0 Å². The molecule has 2 aliphatic heterocycles. The number of piperidine rings is 1. The molecule has 1 aromatic carbocycles. The molecule has 1 aromatic heterocycles. The maximum atomic E-state index is 12.1. The molecule has 3 amide bonds. The number of imide groups is 1. The van der Waals surface area contributed by atoms with Gasteiger partial charge in [0, 0.05) is 44.2 Å². The second kappa shape index (κ2) is 5.81. The lowest BCUT2D eigenvalue weighted by Crippen LogP contribution is -2.49. The maximum Gasteiger partial charge on any atom is 0.329 e. The predicted molar refractivity (Wildman–Crippen MR) is 92.3 cm³/mol. The minimum Gasteiger partial charge on any atom is -0.371 e. The van der Waals surface area contributed by atoms with Gasteiger partial charge in [-0.2, -0.15) is 5.10 Å². The molecule has 0 bridgehead atoms. The number of nitrogens with zero attached hydrogens (tertiary/aromatic N) is 4. The summed E-state index contributed by atoms with van der Waals surface area (Å²) in [7, 11) is 1.89. The molecule has 24 heavy (non-hydrogen) atoms. The second-order valence-corrected chi connectivity index (χ2v) is 6.45. The molecular formula is C17H21N5O2. The SMILES string of the molecule is Cn1nc(N2CCC(=O)NC2=O)c2ccc(N3CCCCC3)cc21. The molecule has 2 aliphatic rings. The molecule has 2 aromatic rings. The fourth-order valence-electron chi connectivity index (χ4n) is 3.54. The summed E-state index contributed by atoms with van der Waals surface area (Å²) < 4.78 is 1.81. The highest BCUT2D eigenvalue weighted by Crippen LogP contribution is 2.31. The normalized spacial score (nSPS) is 19.0. The molecule has 7 heteroatoms. The van der Waals surface area contributed by atoms with Gasteiger partial charge in [0.2, 0.25) is 5.91 Å². The van der Waals surface area contributed by atoms with E-state index in [1.807, 2.05) is 17.8 Å². The van der Waals surface area contributed by atoms with Crippen molar-refractivity contribution >= 4 is 34.3 Å². The number of nitrogens with one attached hydrogen (secondary N) is 1. The van der Waals surface area contributed by atoms with Crippen molar-refractivity contribution in [1.82, 2.24) is 15.1 Å². The molecule has 3 heterocycles. The van der Waals surface area contributed by atoms with E-state index in [1.54, 1.807) is 4.90 Å². The van der Waals surface area contributed by atoms with Gasteiger partial charge in [-0.25, -0.2) is 4.79 Å². The number of fused-ring (bicyclic) bond motifs is 1. The molecule has 0 spiro atoms. The van der Waals surface area contributed by atoms with Crippen LogP contribution in [0.1, 0.15) is 25.7 Å². The number of aryl methyl sites for hydroxylation is 1. The number of benzene rings is 1. The molecule has 0 saturated carbocycles. The largest absolute Gasteiger partial charge is 0.371 e. The molecule has 126 valence electrons. The third kappa shape index (κ3) is 2.50. The Labute approximate surface area is 140 Å². The summed E-state index contributed by atoms with van der Waals surface area (Å²) in [5.41, 5.74) is 2.20. The number of anilines is 2. The number of urea groups is 1. The van der Waals surface area contributed by atoms with Gasteiger partial charge in [-0.1, -0.05) is 0 Å². The number of hydrogen-bond acceptors (Lipinski definition) is 4. The van der Waals surface area contributed by atoms with Crippen LogP contribution >= 0.6 is 0 Å². The van der Waals surface area contributed by atoms with Crippen molar-refractivity contribution in [2.24, 2.45) is 7.05 Å². The number of hydrogen-bond donors (Lipinski definition) is 1. The quantitative estimate of drug-likeness (QED) is 0.916. The second-order valence-electron chi connectivity index (χ2n) is 6.45. The lowest BCUT2D eigenvalue weighted by Gasteiger charge is -2.29. The van der Waals surface area contributed by atoms with Crippen molar-refractivity contribution < 1.29 is 9.59 Å². The van der Waals surface area contributed by atoms with E-state index in [4.69, 9.17) is 0 Å². The first-order valence-electron chi connectivity index (χ1n) is 8.46. The summed E-state index contributed by atoms with van der Waals surface area (Å²) in [6.45, 7) is 2.55. The number of carbonyl (C=O) groups excluding carboxylic acids is 2. The number of carbonyl (C=O) groups is 2. The summed E-state index contributed by atoms with van der Waals surface area (Å²) in [5.74, 6) is 0.381. The fraction of sp³-hybridized carbons (Fsp3) is 0.471. The molecular weight excluding hydrogens is 306 g/mol. The van der Waals surface area contributed by atoms with Crippen molar-refractivity contribution in [3.8, 4) is 0 Å². The Hall–Kier alpha value is -2.57. The monoisotopic (exact) mass is 327 g/mol. The molecule has 4 rings (SSSR count). The lowest BCUT2D eigenvalue weighted by atomic mass is 10.1. The van der Waals surface area contributed by atoms with Crippen LogP contribution in [0.25, 0.3) is 10.9 Å². The Morgan fingerprint density at radius 2 is 1.88 bits per heavy atom.